The summed E-state index contributed by atoms with van der Waals surface area (Å²) in [5, 5.41) is 0. The molecule has 1 amide bonds. The lowest BCUT2D eigenvalue weighted by molar-refractivity contribution is 0.0101. The third kappa shape index (κ3) is 3.79. The van der Waals surface area contributed by atoms with Crippen molar-refractivity contribution in [1.29, 1.82) is 0 Å². The molecule has 0 aliphatic carbocycles. The number of benzene rings is 1. The molecule has 1 aromatic rings. The molecule has 1 fully saturated rings. The third-order valence-electron chi connectivity index (χ3n) is 4.04. The number of hydrogen-bond acceptors (Lipinski definition) is 2. The van der Waals surface area contributed by atoms with Gasteiger partial charge in [0.25, 0.3) is 0 Å². The van der Waals surface area contributed by atoms with Gasteiger partial charge in [-0.05, 0) is 57.2 Å². The van der Waals surface area contributed by atoms with Crippen LogP contribution in [0, 0.1) is 11.7 Å². The van der Waals surface area contributed by atoms with Crippen LogP contribution in [-0.4, -0.2) is 22.6 Å². The lowest BCUT2D eigenvalue weighted by atomic mass is 10.0. The minimum Gasteiger partial charge on any atom is -0.444 e. The number of ether oxygens (including phenoxy) is 1. The molecule has 0 unspecified atom stereocenters. The highest BCUT2D eigenvalue weighted by Crippen LogP contribution is 2.40. The first-order chi connectivity index (χ1) is 10.2. The summed E-state index contributed by atoms with van der Waals surface area (Å²) in [6.07, 6.45) is 1.45. The fourth-order valence-electron chi connectivity index (χ4n) is 3.11. The highest BCUT2D eigenvalue weighted by Gasteiger charge is 2.41. The molecule has 122 valence electrons. The maximum absolute atomic E-state index is 13.5. The van der Waals surface area contributed by atoms with E-state index >= 15 is 0 Å². The predicted molar refractivity (Wildman–Crippen MR) is 85.1 cm³/mol. The second-order valence-electron chi connectivity index (χ2n) is 7.35. The summed E-state index contributed by atoms with van der Waals surface area (Å²) in [6.45, 7) is 9.81. The molecule has 1 aliphatic rings. The van der Waals surface area contributed by atoms with E-state index in [1.54, 1.807) is 6.07 Å². The third-order valence-corrected chi connectivity index (χ3v) is 4.04. The second-order valence-corrected chi connectivity index (χ2v) is 7.35. The Labute approximate surface area is 132 Å². The summed E-state index contributed by atoms with van der Waals surface area (Å²) in [5.74, 6) is 0.0701. The molecular formula is C18H26FNO2. The van der Waals surface area contributed by atoms with Gasteiger partial charge in [0, 0.05) is 6.04 Å². The molecule has 1 aromatic carbocycles. The van der Waals surface area contributed by atoms with E-state index in [9.17, 15) is 9.18 Å². The van der Waals surface area contributed by atoms with Gasteiger partial charge in [-0.2, -0.15) is 0 Å². The van der Waals surface area contributed by atoms with E-state index in [0.717, 1.165) is 18.4 Å². The van der Waals surface area contributed by atoms with E-state index in [4.69, 9.17) is 4.74 Å². The average molecular weight is 307 g/mol. The molecule has 0 aromatic heterocycles. The number of halogens is 1. The normalized spacial score (nSPS) is 22.2. The van der Waals surface area contributed by atoms with Gasteiger partial charge in [-0.1, -0.05) is 26.0 Å². The number of amides is 1. The van der Waals surface area contributed by atoms with Crippen molar-refractivity contribution >= 4 is 6.09 Å². The summed E-state index contributed by atoms with van der Waals surface area (Å²) in [7, 11) is 0. The van der Waals surface area contributed by atoms with E-state index in [2.05, 4.69) is 13.8 Å². The average Bonchev–Trinajstić information content (AvgIpc) is 2.81. The first-order valence-corrected chi connectivity index (χ1v) is 7.96. The first-order valence-electron chi connectivity index (χ1n) is 7.96. The summed E-state index contributed by atoms with van der Waals surface area (Å²) >= 11 is 0. The topological polar surface area (TPSA) is 29.5 Å². The smallest absolute Gasteiger partial charge is 0.411 e. The number of nitrogens with zero attached hydrogens (tertiary/aromatic N) is 1. The quantitative estimate of drug-likeness (QED) is 0.776. The second kappa shape index (κ2) is 6.27. The van der Waals surface area contributed by atoms with Gasteiger partial charge in [0.15, 0.2) is 0 Å². The van der Waals surface area contributed by atoms with Crippen molar-refractivity contribution in [3.8, 4) is 0 Å². The molecule has 0 radical (unpaired) electrons. The molecular weight excluding hydrogens is 281 g/mol. The fourth-order valence-corrected chi connectivity index (χ4v) is 3.11. The zero-order valence-electron chi connectivity index (χ0n) is 14.1. The van der Waals surface area contributed by atoms with Crippen molar-refractivity contribution in [1.82, 2.24) is 4.90 Å². The molecule has 1 aliphatic heterocycles. The molecule has 0 saturated carbocycles. The van der Waals surface area contributed by atoms with E-state index in [1.165, 1.54) is 12.1 Å². The number of carbonyl (C=O) groups excluding carboxylic acids is 1. The van der Waals surface area contributed by atoms with Crippen molar-refractivity contribution in [2.45, 2.75) is 65.1 Å². The molecule has 2 atom stereocenters. The van der Waals surface area contributed by atoms with Crippen molar-refractivity contribution in [2.24, 2.45) is 5.92 Å². The zero-order chi connectivity index (χ0) is 16.5. The van der Waals surface area contributed by atoms with Crippen LogP contribution in [0.1, 0.15) is 59.1 Å². The van der Waals surface area contributed by atoms with Crippen LogP contribution in [0.2, 0.25) is 0 Å². The summed E-state index contributed by atoms with van der Waals surface area (Å²) in [4.78, 5) is 14.5. The van der Waals surface area contributed by atoms with Crippen LogP contribution < -0.4 is 0 Å². The predicted octanol–water partition coefficient (Wildman–Crippen LogP) is 4.92. The number of carbonyl (C=O) groups is 1. The maximum Gasteiger partial charge on any atom is 0.411 e. The Morgan fingerprint density at radius 1 is 1.32 bits per heavy atom. The van der Waals surface area contributed by atoms with E-state index in [-0.39, 0.29) is 24.0 Å². The van der Waals surface area contributed by atoms with Crippen LogP contribution in [0.25, 0.3) is 0 Å². The van der Waals surface area contributed by atoms with Gasteiger partial charge in [-0.15, -0.1) is 0 Å². The van der Waals surface area contributed by atoms with Gasteiger partial charge < -0.3 is 4.74 Å². The minimum absolute atomic E-state index is 0.113. The van der Waals surface area contributed by atoms with Crippen molar-refractivity contribution in [3.63, 3.8) is 0 Å². The summed E-state index contributed by atoms with van der Waals surface area (Å²) in [6, 6.07) is 6.54. The Hall–Kier alpha value is -1.58. The van der Waals surface area contributed by atoms with Gasteiger partial charge in [0.2, 0.25) is 0 Å². The van der Waals surface area contributed by atoms with Gasteiger partial charge in [0.1, 0.15) is 11.4 Å². The van der Waals surface area contributed by atoms with E-state index < -0.39 is 5.60 Å². The van der Waals surface area contributed by atoms with Gasteiger partial charge in [-0.25, -0.2) is 9.18 Å². The first kappa shape index (κ1) is 16.8. The van der Waals surface area contributed by atoms with Gasteiger partial charge in [-0.3, -0.25) is 4.90 Å². The Morgan fingerprint density at radius 3 is 2.55 bits per heavy atom. The van der Waals surface area contributed by atoms with Crippen LogP contribution in [0.4, 0.5) is 9.18 Å². The molecule has 1 heterocycles. The Bertz CT molecular complexity index is 536. The minimum atomic E-state index is -0.534. The van der Waals surface area contributed by atoms with Crippen molar-refractivity contribution in [2.75, 3.05) is 0 Å². The van der Waals surface area contributed by atoms with E-state index in [1.807, 2.05) is 31.7 Å². The van der Waals surface area contributed by atoms with Crippen LogP contribution in [0.15, 0.2) is 24.3 Å². The van der Waals surface area contributed by atoms with Crippen LogP contribution in [0.3, 0.4) is 0 Å². The maximum atomic E-state index is 13.5. The largest absolute Gasteiger partial charge is 0.444 e. The van der Waals surface area contributed by atoms with Gasteiger partial charge >= 0.3 is 6.09 Å². The SMILES string of the molecule is CC(C)[C@H]1CC[C@@H](c2cccc(F)c2)N1C(=O)OC(C)(C)C. The number of rotatable bonds is 2. The highest BCUT2D eigenvalue weighted by atomic mass is 19.1. The van der Waals surface area contributed by atoms with Crippen molar-refractivity contribution in [3.05, 3.63) is 35.6 Å². The lowest BCUT2D eigenvalue weighted by Crippen LogP contribution is -2.43. The summed E-state index contributed by atoms with van der Waals surface area (Å²) in [5.41, 5.74) is 0.308. The van der Waals surface area contributed by atoms with Crippen LogP contribution >= 0.6 is 0 Å². The zero-order valence-corrected chi connectivity index (χ0v) is 14.1. The number of hydrogen-bond donors (Lipinski definition) is 0. The molecule has 2 rings (SSSR count). The Morgan fingerprint density at radius 2 is 2.00 bits per heavy atom. The van der Waals surface area contributed by atoms with E-state index in [0.29, 0.717) is 5.92 Å². The molecule has 1 saturated heterocycles. The fraction of sp³-hybridized carbons (Fsp3) is 0.611. The summed E-state index contributed by atoms with van der Waals surface area (Å²) < 4.78 is 19.1. The number of likely N-dealkylation sites (tertiary alicyclic amines) is 1. The molecule has 22 heavy (non-hydrogen) atoms. The highest BCUT2D eigenvalue weighted by molar-refractivity contribution is 5.70. The lowest BCUT2D eigenvalue weighted by Gasteiger charge is -2.34. The molecule has 4 heteroatoms. The Kier molecular flexibility index (Phi) is 4.78. The Balaban J connectivity index is 2.30. The monoisotopic (exact) mass is 307 g/mol. The van der Waals surface area contributed by atoms with Crippen LogP contribution in [0.5, 0.6) is 0 Å². The standard InChI is InChI=1S/C18H26FNO2/c1-12(2)15-9-10-16(13-7-6-8-14(19)11-13)20(15)17(21)22-18(3,4)5/h6-8,11-12,15-16H,9-10H2,1-5H3/t15-,16+/m1/s1. The molecule has 0 N–H and O–H groups in total. The molecule has 0 bridgehead atoms. The molecule has 0 spiro atoms. The van der Waals surface area contributed by atoms with Crippen molar-refractivity contribution < 1.29 is 13.9 Å². The molecule has 3 nitrogen and oxygen atoms in total. The van der Waals surface area contributed by atoms with Crippen LogP contribution in [-0.2, 0) is 4.74 Å². The van der Waals surface area contributed by atoms with Gasteiger partial charge in [0.05, 0.1) is 6.04 Å².